The molecule has 1 aromatic rings. The molecule has 0 aromatic heterocycles. The smallest absolute Gasteiger partial charge is 0.165 e. The molecule has 0 saturated heterocycles. The Morgan fingerprint density at radius 2 is 1.88 bits per heavy atom. The van der Waals surface area contributed by atoms with Crippen molar-refractivity contribution in [2.24, 2.45) is 5.92 Å². The Kier molecular flexibility index (Phi) is 3.47. The van der Waals surface area contributed by atoms with Gasteiger partial charge in [-0.05, 0) is 42.4 Å². The van der Waals surface area contributed by atoms with Crippen molar-refractivity contribution in [1.29, 1.82) is 0 Å². The molecule has 0 unspecified atom stereocenters. The first-order chi connectivity index (χ1) is 7.70. The third kappa shape index (κ3) is 2.37. The zero-order valence-corrected chi connectivity index (χ0v) is 10.0. The van der Waals surface area contributed by atoms with Crippen molar-refractivity contribution in [1.82, 2.24) is 0 Å². The van der Waals surface area contributed by atoms with Crippen LogP contribution >= 0.6 is 0 Å². The molecule has 16 heavy (non-hydrogen) atoms. The van der Waals surface area contributed by atoms with E-state index < -0.39 is 0 Å². The lowest BCUT2D eigenvalue weighted by Gasteiger charge is -2.26. The number of rotatable bonds is 2. The summed E-state index contributed by atoms with van der Waals surface area (Å²) in [5, 5.41) is 0. The number of hydrogen-bond acceptors (Lipinski definition) is 1. The Bertz CT molecular complexity index is 354. The van der Waals surface area contributed by atoms with E-state index in [0.29, 0.717) is 11.7 Å². The van der Waals surface area contributed by atoms with E-state index in [2.05, 4.69) is 6.92 Å². The van der Waals surface area contributed by atoms with Crippen molar-refractivity contribution in [2.45, 2.75) is 38.5 Å². The summed E-state index contributed by atoms with van der Waals surface area (Å²) in [7, 11) is 1.50. The fourth-order valence-corrected chi connectivity index (χ4v) is 2.53. The number of benzene rings is 1. The summed E-state index contributed by atoms with van der Waals surface area (Å²) in [5.41, 5.74) is 1.13. The number of hydrogen-bond donors (Lipinski definition) is 0. The first-order valence-corrected chi connectivity index (χ1v) is 6.04. The maximum Gasteiger partial charge on any atom is 0.165 e. The third-order valence-corrected chi connectivity index (χ3v) is 3.66. The van der Waals surface area contributed by atoms with E-state index in [-0.39, 0.29) is 5.82 Å². The van der Waals surface area contributed by atoms with E-state index in [9.17, 15) is 4.39 Å². The second kappa shape index (κ2) is 4.86. The van der Waals surface area contributed by atoms with Crippen LogP contribution in [0.25, 0.3) is 0 Å². The summed E-state index contributed by atoms with van der Waals surface area (Å²) in [5.74, 6) is 1.47. The summed E-state index contributed by atoms with van der Waals surface area (Å²) in [6, 6.07) is 5.38. The van der Waals surface area contributed by atoms with Gasteiger partial charge in [0.25, 0.3) is 0 Å². The molecule has 0 bridgehead atoms. The highest BCUT2D eigenvalue weighted by molar-refractivity contribution is 5.31. The van der Waals surface area contributed by atoms with Gasteiger partial charge in [-0.1, -0.05) is 25.8 Å². The molecule has 1 fully saturated rings. The molecule has 0 N–H and O–H groups in total. The van der Waals surface area contributed by atoms with Gasteiger partial charge in [0.1, 0.15) is 0 Å². The summed E-state index contributed by atoms with van der Waals surface area (Å²) < 4.78 is 18.5. The van der Waals surface area contributed by atoms with E-state index in [1.54, 1.807) is 12.1 Å². The molecule has 1 aliphatic carbocycles. The van der Waals surface area contributed by atoms with Gasteiger partial charge < -0.3 is 4.74 Å². The molecular formula is C14H19FO. The SMILES string of the molecule is COc1ccc(C2CCC(C)CC2)cc1F. The lowest BCUT2D eigenvalue weighted by Crippen LogP contribution is -2.11. The zero-order valence-electron chi connectivity index (χ0n) is 10.0. The minimum Gasteiger partial charge on any atom is -0.494 e. The van der Waals surface area contributed by atoms with Crippen molar-refractivity contribution in [3.8, 4) is 5.75 Å². The van der Waals surface area contributed by atoms with Crippen LogP contribution in [-0.4, -0.2) is 7.11 Å². The predicted octanol–water partition coefficient (Wildman–Crippen LogP) is 4.13. The van der Waals surface area contributed by atoms with Gasteiger partial charge in [0.15, 0.2) is 11.6 Å². The van der Waals surface area contributed by atoms with Crippen molar-refractivity contribution < 1.29 is 9.13 Å². The number of methoxy groups -OCH3 is 1. The minimum absolute atomic E-state index is 0.237. The summed E-state index contributed by atoms with van der Waals surface area (Å²) in [6.07, 6.45) is 4.90. The van der Waals surface area contributed by atoms with E-state index in [1.807, 2.05) is 6.07 Å². The quantitative estimate of drug-likeness (QED) is 0.731. The van der Waals surface area contributed by atoms with Crippen molar-refractivity contribution in [3.63, 3.8) is 0 Å². The Hall–Kier alpha value is -1.05. The van der Waals surface area contributed by atoms with Gasteiger partial charge >= 0.3 is 0 Å². The van der Waals surface area contributed by atoms with E-state index in [1.165, 1.54) is 32.8 Å². The molecule has 2 heteroatoms. The second-order valence-electron chi connectivity index (χ2n) is 4.85. The largest absolute Gasteiger partial charge is 0.494 e. The summed E-state index contributed by atoms with van der Waals surface area (Å²) in [6.45, 7) is 2.30. The van der Waals surface area contributed by atoms with Crippen LogP contribution in [-0.2, 0) is 0 Å². The maximum absolute atomic E-state index is 13.6. The fourth-order valence-electron chi connectivity index (χ4n) is 2.53. The van der Waals surface area contributed by atoms with Crippen molar-refractivity contribution in [3.05, 3.63) is 29.6 Å². The molecule has 0 aliphatic heterocycles. The number of halogens is 1. The standard InChI is InChI=1S/C14H19FO/c1-10-3-5-11(6-4-10)12-7-8-14(16-2)13(15)9-12/h7-11H,3-6H2,1-2H3. The van der Waals surface area contributed by atoms with Crippen molar-refractivity contribution in [2.75, 3.05) is 7.11 Å². The van der Waals surface area contributed by atoms with Crippen LogP contribution < -0.4 is 4.74 Å². The highest BCUT2D eigenvalue weighted by Crippen LogP contribution is 2.36. The van der Waals surface area contributed by atoms with Gasteiger partial charge in [0.2, 0.25) is 0 Å². The molecule has 1 aliphatic rings. The molecule has 0 heterocycles. The van der Waals surface area contributed by atoms with Crippen LogP contribution in [0.1, 0.15) is 44.1 Å². The molecule has 1 aromatic carbocycles. The van der Waals surface area contributed by atoms with Crippen LogP contribution in [0.2, 0.25) is 0 Å². The molecule has 0 spiro atoms. The summed E-state index contributed by atoms with van der Waals surface area (Å²) >= 11 is 0. The summed E-state index contributed by atoms with van der Waals surface area (Å²) in [4.78, 5) is 0. The van der Waals surface area contributed by atoms with Gasteiger partial charge in [-0.25, -0.2) is 4.39 Å². The minimum atomic E-state index is -0.237. The average molecular weight is 222 g/mol. The lowest BCUT2D eigenvalue weighted by molar-refractivity contribution is 0.345. The number of ether oxygens (including phenoxy) is 1. The molecule has 88 valence electrons. The topological polar surface area (TPSA) is 9.23 Å². The van der Waals surface area contributed by atoms with Crippen LogP contribution in [0.5, 0.6) is 5.75 Å². The highest BCUT2D eigenvalue weighted by atomic mass is 19.1. The third-order valence-electron chi connectivity index (χ3n) is 3.66. The monoisotopic (exact) mass is 222 g/mol. The molecule has 1 saturated carbocycles. The second-order valence-corrected chi connectivity index (χ2v) is 4.85. The van der Waals surface area contributed by atoms with E-state index >= 15 is 0 Å². The Morgan fingerprint density at radius 1 is 1.19 bits per heavy atom. The predicted molar refractivity (Wildman–Crippen MR) is 63.3 cm³/mol. The van der Waals surface area contributed by atoms with Crippen LogP contribution in [0.4, 0.5) is 4.39 Å². The van der Waals surface area contributed by atoms with Crippen LogP contribution in [0.3, 0.4) is 0 Å². The molecule has 0 radical (unpaired) electrons. The van der Waals surface area contributed by atoms with Crippen LogP contribution in [0.15, 0.2) is 18.2 Å². The highest BCUT2D eigenvalue weighted by Gasteiger charge is 2.20. The van der Waals surface area contributed by atoms with Gasteiger partial charge in [-0.15, -0.1) is 0 Å². The first kappa shape index (κ1) is 11.4. The first-order valence-electron chi connectivity index (χ1n) is 6.04. The Labute approximate surface area is 96.6 Å². The Balaban J connectivity index is 2.12. The molecular weight excluding hydrogens is 203 g/mol. The van der Waals surface area contributed by atoms with Crippen LogP contribution in [0, 0.1) is 11.7 Å². The Morgan fingerprint density at radius 3 is 2.44 bits per heavy atom. The van der Waals surface area contributed by atoms with Crippen molar-refractivity contribution >= 4 is 0 Å². The zero-order chi connectivity index (χ0) is 11.5. The molecule has 1 nitrogen and oxygen atoms in total. The molecule has 0 amide bonds. The molecule has 2 rings (SSSR count). The van der Waals surface area contributed by atoms with E-state index in [0.717, 1.165) is 11.5 Å². The van der Waals surface area contributed by atoms with Gasteiger partial charge in [0, 0.05) is 0 Å². The van der Waals surface area contributed by atoms with E-state index in [4.69, 9.17) is 4.74 Å². The molecule has 0 atom stereocenters. The van der Waals surface area contributed by atoms with Gasteiger partial charge in [0.05, 0.1) is 7.11 Å². The fraction of sp³-hybridized carbons (Fsp3) is 0.571. The van der Waals surface area contributed by atoms with Gasteiger partial charge in [-0.2, -0.15) is 0 Å². The normalized spacial score (nSPS) is 25.4. The lowest BCUT2D eigenvalue weighted by atomic mass is 9.79. The maximum atomic E-state index is 13.6. The average Bonchev–Trinajstić information content (AvgIpc) is 2.30. The van der Waals surface area contributed by atoms with Gasteiger partial charge in [-0.3, -0.25) is 0 Å².